The minimum atomic E-state index is 0.418. The zero-order valence-electron chi connectivity index (χ0n) is 8.98. The van der Waals surface area contributed by atoms with Crippen LogP contribution in [0, 0.1) is 5.92 Å². The van der Waals surface area contributed by atoms with E-state index in [0.717, 1.165) is 38.5 Å². The molecule has 0 bridgehead atoms. The Morgan fingerprint density at radius 1 is 1.20 bits per heavy atom. The van der Waals surface area contributed by atoms with E-state index in [4.69, 9.17) is 0 Å². The van der Waals surface area contributed by atoms with E-state index in [9.17, 15) is 4.79 Å². The van der Waals surface area contributed by atoms with Crippen LogP contribution in [0.15, 0.2) is 28.9 Å². The van der Waals surface area contributed by atoms with Crippen LogP contribution in [0.2, 0.25) is 0 Å². The van der Waals surface area contributed by atoms with E-state index in [1.54, 1.807) is 0 Å². The largest absolute Gasteiger partial charge is 0.300 e. The fraction of sp³-hybridized carbons (Fsp3) is 0.538. The van der Waals surface area contributed by atoms with Crippen molar-refractivity contribution in [3.8, 4) is 0 Å². The number of Topliss-reactive ketones (excluding diaryl/α,β-unsaturated/α-hetero) is 1. The van der Waals surface area contributed by atoms with Crippen LogP contribution in [-0.2, 0) is 4.79 Å². The molecule has 0 amide bonds. The fourth-order valence-corrected chi connectivity index (χ4v) is 2.17. The van der Waals surface area contributed by atoms with Gasteiger partial charge in [-0.2, -0.15) is 0 Å². The molecule has 0 unspecified atom stereocenters. The Balaban J connectivity index is 2.02. The molecule has 1 saturated carbocycles. The lowest BCUT2D eigenvalue weighted by molar-refractivity contribution is -0.120. The number of hydrogen-bond acceptors (Lipinski definition) is 2. The summed E-state index contributed by atoms with van der Waals surface area (Å²) in [6.07, 6.45) is 13.9. The van der Waals surface area contributed by atoms with Crippen molar-refractivity contribution in [2.75, 3.05) is 0 Å². The molecule has 0 N–H and O–H groups in total. The lowest BCUT2D eigenvalue weighted by Gasteiger charge is -2.21. The monoisotopic (exact) mass is 203 g/mol. The minimum Gasteiger partial charge on any atom is -0.300 e. The molecule has 2 rings (SSSR count). The number of nitrogens with zero attached hydrogens (tertiary/aromatic N) is 1. The normalized spacial score (nSPS) is 31.2. The summed E-state index contributed by atoms with van der Waals surface area (Å²) in [5.41, 5.74) is 1.20. The maximum Gasteiger partial charge on any atom is 0.132 e. The summed E-state index contributed by atoms with van der Waals surface area (Å²) in [5.74, 6) is 0.937. The van der Waals surface area contributed by atoms with Gasteiger partial charge >= 0.3 is 0 Å². The average Bonchev–Trinajstić information content (AvgIpc) is 2.19. The zero-order valence-corrected chi connectivity index (χ0v) is 8.98. The molecular formula is C13H17NO. The third-order valence-corrected chi connectivity index (χ3v) is 3.09. The Morgan fingerprint density at radius 3 is 2.80 bits per heavy atom. The van der Waals surface area contributed by atoms with E-state index in [0.29, 0.717) is 11.7 Å². The smallest absolute Gasteiger partial charge is 0.132 e. The minimum absolute atomic E-state index is 0.418. The Hall–Kier alpha value is -1.18. The molecular weight excluding hydrogens is 186 g/mol. The Labute approximate surface area is 90.8 Å². The van der Waals surface area contributed by atoms with E-state index in [2.05, 4.69) is 17.1 Å². The van der Waals surface area contributed by atoms with Gasteiger partial charge in [-0.25, -0.2) is 0 Å². The Bertz CT molecular complexity index is 315. The maximum absolute atomic E-state index is 11.1. The number of aliphatic imine (C=N–C) groups is 1. The van der Waals surface area contributed by atoms with Crippen LogP contribution in [0.5, 0.6) is 0 Å². The van der Waals surface area contributed by atoms with Crippen LogP contribution in [0.4, 0.5) is 0 Å². The number of rotatable bonds is 1. The summed E-state index contributed by atoms with van der Waals surface area (Å²) in [4.78, 5) is 15.6. The van der Waals surface area contributed by atoms with Crippen molar-refractivity contribution >= 4 is 12.0 Å². The van der Waals surface area contributed by atoms with Crippen molar-refractivity contribution in [3.63, 3.8) is 0 Å². The van der Waals surface area contributed by atoms with E-state index >= 15 is 0 Å². The van der Waals surface area contributed by atoms with Crippen LogP contribution in [0.1, 0.15) is 38.5 Å². The molecule has 0 saturated heterocycles. The number of carbonyl (C=O) groups is 1. The average molecular weight is 203 g/mol. The Morgan fingerprint density at radius 2 is 2.00 bits per heavy atom. The van der Waals surface area contributed by atoms with Gasteiger partial charge in [0.1, 0.15) is 5.78 Å². The molecule has 2 heteroatoms. The fourth-order valence-electron chi connectivity index (χ4n) is 2.17. The van der Waals surface area contributed by atoms with Gasteiger partial charge in [0.25, 0.3) is 0 Å². The molecule has 80 valence electrons. The maximum atomic E-state index is 11.1. The van der Waals surface area contributed by atoms with Gasteiger partial charge in [-0.15, -0.1) is 0 Å². The van der Waals surface area contributed by atoms with E-state index in [1.165, 1.54) is 5.70 Å². The number of carbonyl (C=O) groups excluding carboxylic acids is 1. The highest BCUT2D eigenvalue weighted by molar-refractivity contribution is 5.79. The van der Waals surface area contributed by atoms with Gasteiger partial charge in [0.15, 0.2) is 0 Å². The molecule has 0 aromatic heterocycles. The van der Waals surface area contributed by atoms with Crippen LogP contribution < -0.4 is 0 Å². The van der Waals surface area contributed by atoms with Gasteiger partial charge in [0, 0.05) is 30.7 Å². The SMILES string of the molecule is O=C1CCC(C2=C/CC/C=C/C=N\2)CC1. The lowest BCUT2D eigenvalue weighted by atomic mass is 9.85. The first-order chi connectivity index (χ1) is 7.36. The highest BCUT2D eigenvalue weighted by Crippen LogP contribution is 2.29. The van der Waals surface area contributed by atoms with Gasteiger partial charge < -0.3 is 0 Å². The van der Waals surface area contributed by atoms with Gasteiger partial charge in [-0.3, -0.25) is 9.79 Å². The van der Waals surface area contributed by atoms with E-state index in [-0.39, 0.29) is 0 Å². The van der Waals surface area contributed by atoms with Crippen molar-refractivity contribution < 1.29 is 4.79 Å². The molecule has 15 heavy (non-hydrogen) atoms. The molecule has 0 aromatic rings. The molecule has 2 aliphatic rings. The lowest BCUT2D eigenvalue weighted by Crippen LogP contribution is -2.15. The topological polar surface area (TPSA) is 29.4 Å². The van der Waals surface area contributed by atoms with Gasteiger partial charge in [-0.05, 0) is 31.8 Å². The van der Waals surface area contributed by atoms with E-state index in [1.807, 2.05) is 12.3 Å². The van der Waals surface area contributed by atoms with Crippen LogP contribution >= 0.6 is 0 Å². The van der Waals surface area contributed by atoms with Gasteiger partial charge in [0.05, 0.1) is 0 Å². The third kappa shape index (κ3) is 2.88. The summed E-state index contributed by atoms with van der Waals surface area (Å²) >= 11 is 0. The second-order valence-corrected chi connectivity index (χ2v) is 4.23. The number of allylic oxidation sites excluding steroid dienone is 4. The van der Waals surface area contributed by atoms with Crippen molar-refractivity contribution in [1.29, 1.82) is 0 Å². The highest BCUT2D eigenvalue weighted by atomic mass is 16.1. The van der Waals surface area contributed by atoms with Crippen LogP contribution in [0.25, 0.3) is 0 Å². The molecule has 0 spiro atoms. The Kier molecular flexibility index (Phi) is 3.49. The second kappa shape index (κ2) is 5.06. The summed E-state index contributed by atoms with van der Waals surface area (Å²) in [5, 5.41) is 0. The van der Waals surface area contributed by atoms with Crippen molar-refractivity contribution in [3.05, 3.63) is 23.9 Å². The molecule has 0 aromatic carbocycles. The summed E-state index contributed by atoms with van der Waals surface area (Å²) in [6, 6.07) is 0. The summed E-state index contributed by atoms with van der Waals surface area (Å²) in [7, 11) is 0. The highest BCUT2D eigenvalue weighted by Gasteiger charge is 2.21. The predicted molar refractivity (Wildman–Crippen MR) is 61.9 cm³/mol. The van der Waals surface area contributed by atoms with Crippen LogP contribution in [0.3, 0.4) is 0 Å². The zero-order chi connectivity index (χ0) is 10.5. The molecule has 2 nitrogen and oxygen atoms in total. The van der Waals surface area contributed by atoms with Crippen molar-refractivity contribution in [1.82, 2.24) is 0 Å². The predicted octanol–water partition coefficient (Wildman–Crippen LogP) is 3.05. The first kappa shape index (κ1) is 10.3. The molecule has 0 atom stereocenters. The molecule has 0 radical (unpaired) electrons. The molecule has 1 aliphatic carbocycles. The van der Waals surface area contributed by atoms with Crippen molar-refractivity contribution in [2.24, 2.45) is 10.9 Å². The summed E-state index contributed by atoms with van der Waals surface area (Å²) in [6.45, 7) is 0. The molecule has 1 heterocycles. The first-order valence-electron chi connectivity index (χ1n) is 5.77. The second-order valence-electron chi connectivity index (χ2n) is 4.23. The summed E-state index contributed by atoms with van der Waals surface area (Å²) < 4.78 is 0. The molecule has 1 fully saturated rings. The third-order valence-electron chi connectivity index (χ3n) is 3.09. The quantitative estimate of drug-likeness (QED) is 0.644. The number of hydrogen-bond donors (Lipinski definition) is 0. The standard InChI is InChI=1S/C13H17NO/c15-12-8-6-11(7-9-12)13-5-3-1-2-4-10-14-13/h2,4-5,10-11H,1,3,6-9H2/b4-2+,13-5-,14-10-. The van der Waals surface area contributed by atoms with Crippen LogP contribution in [-0.4, -0.2) is 12.0 Å². The van der Waals surface area contributed by atoms with Gasteiger partial charge in [-0.1, -0.05) is 12.2 Å². The van der Waals surface area contributed by atoms with Crippen molar-refractivity contribution in [2.45, 2.75) is 38.5 Å². The number of ketones is 1. The van der Waals surface area contributed by atoms with E-state index < -0.39 is 0 Å². The first-order valence-corrected chi connectivity index (χ1v) is 5.77. The van der Waals surface area contributed by atoms with Gasteiger partial charge in [0.2, 0.25) is 0 Å². The molecule has 1 aliphatic heterocycles.